The van der Waals surface area contributed by atoms with Crippen molar-refractivity contribution in [2.24, 2.45) is 0 Å². The number of sulfonamides is 1. The van der Waals surface area contributed by atoms with Crippen LogP contribution in [-0.4, -0.2) is 50.9 Å². The Bertz CT molecular complexity index is 619. The second-order valence-electron chi connectivity index (χ2n) is 5.88. The number of nitrogens with zero attached hydrogens (tertiary/aromatic N) is 1. The molecular formula is C16H25N3O3S. The highest BCUT2D eigenvalue weighted by atomic mass is 32.2. The average Bonchev–Trinajstić information content (AvgIpc) is 2.60. The van der Waals surface area contributed by atoms with Crippen LogP contribution in [0.1, 0.15) is 26.2 Å². The van der Waals surface area contributed by atoms with Gasteiger partial charge in [0.05, 0.1) is 4.90 Å². The maximum atomic E-state index is 12.8. The second kappa shape index (κ2) is 7.90. The highest BCUT2D eigenvalue weighted by Gasteiger charge is 2.37. The van der Waals surface area contributed by atoms with Crippen LogP contribution in [-0.2, 0) is 14.8 Å². The fourth-order valence-corrected chi connectivity index (χ4v) is 4.33. The van der Waals surface area contributed by atoms with Gasteiger partial charge in [0.25, 0.3) is 0 Å². The molecule has 0 radical (unpaired) electrons. The molecule has 0 spiro atoms. The molecule has 1 saturated heterocycles. The summed E-state index contributed by atoms with van der Waals surface area (Å²) in [5, 5.41) is 5.89. The van der Waals surface area contributed by atoms with E-state index in [9.17, 15) is 13.2 Å². The summed E-state index contributed by atoms with van der Waals surface area (Å²) in [4.78, 5) is 12.7. The zero-order valence-corrected chi connectivity index (χ0v) is 14.5. The molecule has 23 heavy (non-hydrogen) atoms. The van der Waals surface area contributed by atoms with Crippen LogP contribution in [0.5, 0.6) is 0 Å². The lowest BCUT2D eigenvalue weighted by Gasteiger charge is -2.33. The van der Waals surface area contributed by atoms with Crippen molar-refractivity contribution < 1.29 is 13.2 Å². The number of hydrogen-bond acceptors (Lipinski definition) is 4. The third-order valence-corrected chi connectivity index (χ3v) is 6.10. The molecule has 7 heteroatoms. The minimum absolute atomic E-state index is 0.140. The van der Waals surface area contributed by atoms with Crippen molar-refractivity contribution in [1.82, 2.24) is 14.9 Å². The molecule has 2 rings (SSSR count). The predicted molar refractivity (Wildman–Crippen MR) is 89.5 cm³/mol. The third-order valence-electron chi connectivity index (χ3n) is 4.18. The number of carbonyl (C=O) groups excluding carboxylic acids is 1. The van der Waals surface area contributed by atoms with Crippen molar-refractivity contribution in [1.29, 1.82) is 0 Å². The Morgan fingerprint density at radius 3 is 2.65 bits per heavy atom. The lowest BCUT2D eigenvalue weighted by atomic mass is 10.0. The number of benzene rings is 1. The third kappa shape index (κ3) is 4.31. The van der Waals surface area contributed by atoms with Gasteiger partial charge in [0.1, 0.15) is 6.04 Å². The van der Waals surface area contributed by atoms with Gasteiger partial charge in [-0.25, -0.2) is 8.42 Å². The van der Waals surface area contributed by atoms with Gasteiger partial charge >= 0.3 is 0 Å². The largest absolute Gasteiger partial charge is 0.353 e. The zero-order valence-electron chi connectivity index (χ0n) is 13.7. The normalized spacial score (nSPS) is 20.9. The van der Waals surface area contributed by atoms with Crippen molar-refractivity contribution in [3.8, 4) is 0 Å². The number of likely N-dealkylation sites (N-methyl/N-ethyl adjacent to an activating group) is 1. The first-order valence-corrected chi connectivity index (χ1v) is 9.42. The fourth-order valence-electron chi connectivity index (χ4n) is 2.66. The SMILES string of the molecule is CNC(C)CNC(=O)C1CCCCN1S(=O)(=O)c1ccccc1. The van der Waals surface area contributed by atoms with Crippen molar-refractivity contribution in [2.45, 2.75) is 43.2 Å². The Morgan fingerprint density at radius 2 is 2.00 bits per heavy atom. The lowest BCUT2D eigenvalue weighted by molar-refractivity contribution is -0.125. The fraction of sp³-hybridized carbons (Fsp3) is 0.562. The van der Waals surface area contributed by atoms with Crippen LogP contribution in [0.25, 0.3) is 0 Å². The number of hydrogen-bond donors (Lipinski definition) is 2. The van der Waals surface area contributed by atoms with Crippen LogP contribution in [0.3, 0.4) is 0 Å². The molecule has 1 aliphatic heterocycles. The van der Waals surface area contributed by atoms with E-state index in [0.29, 0.717) is 19.5 Å². The summed E-state index contributed by atoms with van der Waals surface area (Å²) in [7, 11) is -1.82. The zero-order chi connectivity index (χ0) is 16.9. The molecule has 1 amide bonds. The molecule has 128 valence electrons. The first-order chi connectivity index (χ1) is 11.0. The molecule has 1 heterocycles. The van der Waals surface area contributed by atoms with Gasteiger partial charge in [-0.3, -0.25) is 4.79 Å². The Kier molecular flexibility index (Phi) is 6.15. The first-order valence-electron chi connectivity index (χ1n) is 7.98. The maximum Gasteiger partial charge on any atom is 0.243 e. The molecule has 2 N–H and O–H groups in total. The Balaban J connectivity index is 2.16. The quantitative estimate of drug-likeness (QED) is 0.809. The van der Waals surface area contributed by atoms with E-state index < -0.39 is 16.1 Å². The van der Waals surface area contributed by atoms with Crippen molar-refractivity contribution in [3.63, 3.8) is 0 Å². The molecule has 2 atom stereocenters. The van der Waals surface area contributed by atoms with Gasteiger partial charge in [-0.1, -0.05) is 24.6 Å². The number of nitrogens with one attached hydrogen (secondary N) is 2. The van der Waals surface area contributed by atoms with E-state index in [-0.39, 0.29) is 16.8 Å². The Labute approximate surface area is 138 Å². The van der Waals surface area contributed by atoms with Crippen LogP contribution in [0.15, 0.2) is 35.2 Å². The van der Waals surface area contributed by atoms with E-state index >= 15 is 0 Å². The summed E-state index contributed by atoms with van der Waals surface area (Å²) >= 11 is 0. The molecule has 6 nitrogen and oxygen atoms in total. The molecule has 2 unspecified atom stereocenters. The summed E-state index contributed by atoms with van der Waals surface area (Å²) in [5.74, 6) is -0.216. The van der Waals surface area contributed by atoms with Gasteiger partial charge in [-0.05, 0) is 38.9 Å². The standard InChI is InChI=1S/C16H25N3O3S/c1-13(17-2)12-18-16(20)15-10-6-7-11-19(15)23(21,22)14-8-4-3-5-9-14/h3-5,8-9,13,15,17H,6-7,10-12H2,1-2H3,(H,18,20). The molecule has 1 fully saturated rings. The van der Waals surface area contributed by atoms with Gasteiger partial charge in [-0.15, -0.1) is 0 Å². The molecule has 1 aromatic rings. The summed E-state index contributed by atoms with van der Waals surface area (Å²) in [6, 6.07) is 7.82. The highest BCUT2D eigenvalue weighted by Crippen LogP contribution is 2.25. The molecule has 0 saturated carbocycles. The van der Waals surface area contributed by atoms with Gasteiger partial charge in [-0.2, -0.15) is 4.31 Å². The summed E-state index contributed by atoms with van der Waals surface area (Å²) in [6.45, 7) is 2.82. The number of carbonyl (C=O) groups is 1. The minimum atomic E-state index is -3.64. The number of amides is 1. The van der Waals surface area contributed by atoms with Gasteiger partial charge in [0.15, 0.2) is 0 Å². The van der Waals surface area contributed by atoms with Gasteiger partial charge < -0.3 is 10.6 Å². The predicted octanol–water partition coefficient (Wildman–Crippen LogP) is 0.954. The van der Waals surface area contributed by atoms with E-state index in [1.54, 1.807) is 30.3 Å². The van der Waals surface area contributed by atoms with Gasteiger partial charge in [0, 0.05) is 19.1 Å². The Hall–Kier alpha value is -1.44. The minimum Gasteiger partial charge on any atom is -0.353 e. The second-order valence-corrected chi connectivity index (χ2v) is 7.77. The molecule has 0 aromatic heterocycles. The van der Waals surface area contributed by atoms with Crippen LogP contribution in [0.2, 0.25) is 0 Å². The molecule has 0 bridgehead atoms. The van der Waals surface area contributed by atoms with Crippen molar-refractivity contribution in [3.05, 3.63) is 30.3 Å². The molecular weight excluding hydrogens is 314 g/mol. The van der Waals surface area contributed by atoms with E-state index in [1.807, 2.05) is 14.0 Å². The summed E-state index contributed by atoms with van der Waals surface area (Å²) in [6.07, 6.45) is 2.20. The van der Waals surface area contributed by atoms with E-state index in [1.165, 1.54) is 4.31 Å². The van der Waals surface area contributed by atoms with Crippen molar-refractivity contribution >= 4 is 15.9 Å². The van der Waals surface area contributed by atoms with E-state index in [2.05, 4.69) is 10.6 Å². The first kappa shape index (κ1) is 17.9. The molecule has 1 aromatic carbocycles. The lowest BCUT2D eigenvalue weighted by Crippen LogP contribution is -2.53. The van der Waals surface area contributed by atoms with Crippen LogP contribution in [0.4, 0.5) is 0 Å². The molecule has 1 aliphatic rings. The van der Waals surface area contributed by atoms with E-state index in [4.69, 9.17) is 0 Å². The average molecular weight is 339 g/mol. The van der Waals surface area contributed by atoms with Crippen LogP contribution < -0.4 is 10.6 Å². The molecule has 0 aliphatic carbocycles. The monoisotopic (exact) mass is 339 g/mol. The Morgan fingerprint density at radius 1 is 1.30 bits per heavy atom. The summed E-state index contributed by atoms with van der Waals surface area (Å²) < 4.78 is 27.0. The number of piperidine rings is 1. The van der Waals surface area contributed by atoms with E-state index in [0.717, 1.165) is 12.8 Å². The smallest absolute Gasteiger partial charge is 0.243 e. The number of rotatable bonds is 6. The van der Waals surface area contributed by atoms with Crippen molar-refractivity contribution in [2.75, 3.05) is 20.1 Å². The topological polar surface area (TPSA) is 78.5 Å². The maximum absolute atomic E-state index is 12.8. The van der Waals surface area contributed by atoms with Gasteiger partial charge in [0.2, 0.25) is 15.9 Å². The van der Waals surface area contributed by atoms with Crippen LogP contribution in [0, 0.1) is 0 Å². The summed E-state index contributed by atoms with van der Waals surface area (Å²) in [5.41, 5.74) is 0. The highest BCUT2D eigenvalue weighted by molar-refractivity contribution is 7.89. The van der Waals surface area contributed by atoms with Crippen LogP contribution >= 0.6 is 0 Å².